The van der Waals surface area contributed by atoms with E-state index >= 15 is 0 Å². The number of hydrogen-bond acceptors (Lipinski definition) is 2. The van der Waals surface area contributed by atoms with Gasteiger partial charge in [-0.2, -0.15) is 0 Å². The second-order valence-electron chi connectivity index (χ2n) is 8.41. The van der Waals surface area contributed by atoms with E-state index in [1.807, 2.05) is 12.4 Å². The van der Waals surface area contributed by atoms with Gasteiger partial charge in [-0.3, -0.25) is 9.88 Å². The summed E-state index contributed by atoms with van der Waals surface area (Å²) in [7, 11) is 0. The average molecular weight is 381 g/mol. The number of aryl methyl sites for hydroxylation is 2. The zero-order chi connectivity index (χ0) is 19.6. The molecule has 1 aliphatic heterocycles. The molecule has 2 nitrogen and oxygen atoms in total. The van der Waals surface area contributed by atoms with Gasteiger partial charge in [0.15, 0.2) is 0 Å². The minimum atomic E-state index is 0.341. The molecule has 0 amide bonds. The first-order valence-electron chi connectivity index (χ1n) is 10.8. The van der Waals surface area contributed by atoms with Crippen molar-refractivity contribution in [3.63, 3.8) is 0 Å². The quantitative estimate of drug-likeness (QED) is 0.543. The molecule has 2 heterocycles. The summed E-state index contributed by atoms with van der Waals surface area (Å²) in [6.07, 6.45) is 8.63. The number of benzene rings is 2. The molecule has 2 aromatic carbocycles. The largest absolute Gasteiger partial charge is 0.288 e. The van der Waals surface area contributed by atoms with Gasteiger partial charge in [0.2, 0.25) is 0 Å². The third-order valence-electron chi connectivity index (χ3n) is 6.46. The molecule has 5 rings (SSSR count). The smallest absolute Gasteiger partial charge is 0.0571 e. The molecule has 0 spiro atoms. The molecular formula is C27H28N2. The molecule has 146 valence electrons. The lowest BCUT2D eigenvalue weighted by Crippen LogP contribution is -2.34. The van der Waals surface area contributed by atoms with Gasteiger partial charge < -0.3 is 0 Å². The molecule has 0 saturated carbocycles. The average Bonchev–Trinajstić information content (AvgIpc) is 2.94. The highest BCUT2D eigenvalue weighted by atomic mass is 15.2. The van der Waals surface area contributed by atoms with Crippen molar-refractivity contribution in [3.8, 4) is 0 Å². The second-order valence-corrected chi connectivity index (χ2v) is 8.41. The first-order chi connectivity index (χ1) is 14.3. The van der Waals surface area contributed by atoms with Gasteiger partial charge in [-0.25, -0.2) is 0 Å². The fourth-order valence-corrected chi connectivity index (χ4v) is 5.13. The Hall–Kier alpha value is -2.71. The van der Waals surface area contributed by atoms with Gasteiger partial charge >= 0.3 is 0 Å². The van der Waals surface area contributed by atoms with Crippen LogP contribution in [0.25, 0.3) is 5.57 Å². The number of nitrogens with zero attached hydrogens (tertiary/aromatic N) is 2. The first-order valence-corrected chi connectivity index (χ1v) is 10.8. The van der Waals surface area contributed by atoms with Gasteiger partial charge in [-0.1, -0.05) is 54.1 Å². The Morgan fingerprint density at radius 3 is 2.59 bits per heavy atom. The van der Waals surface area contributed by atoms with Crippen molar-refractivity contribution in [2.75, 3.05) is 6.54 Å². The Bertz CT molecular complexity index is 1020. The third kappa shape index (κ3) is 3.65. The highest BCUT2D eigenvalue weighted by Crippen LogP contribution is 2.45. The van der Waals surface area contributed by atoms with E-state index in [4.69, 9.17) is 0 Å². The molecule has 2 aliphatic rings. The predicted molar refractivity (Wildman–Crippen MR) is 119 cm³/mol. The zero-order valence-corrected chi connectivity index (χ0v) is 17.1. The fraction of sp³-hybridized carbons (Fsp3) is 0.296. The van der Waals surface area contributed by atoms with Crippen molar-refractivity contribution in [2.45, 2.75) is 45.2 Å². The van der Waals surface area contributed by atoms with Crippen LogP contribution in [0.3, 0.4) is 0 Å². The van der Waals surface area contributed by atoms with Crippen molar-refractivity contribution >= 4 is 5.57 Å². The molecule has 3 aromatic rings. The Morgan fingerprint density at radius 2 is 1.76 bits per heavy atom. The molecule has 1 unspecified atom stereocenters. The Labute approximate surface area is 173 Å². The van der Waals surface area contributed by atoms with Crippen molar-refractivity contribution in [2.24, 2.45) is 0 Å². The third-order valence-corrected chi connectivity index (χ3v) is 6.46. The molecule has 0 bridgehead atoms. The minimum absolute atomic E-state index is 0.341. The maximum Gasteiger partial charge on any atom is 0.0571 e. The summed E-state index contributed by atoms with van der Waals surface area (Å²) >= 11 is 0. The van der Waals surface area contributed by atoms with Crippen LogP contribution in [0.1, 0.15) is 53.1 Å². The molecule has 0 radical (unpaired) electrons. The number of hydrogen-bond donors (Lipinski definition) is 0. The van der Waals surface area contributed by atoms with E-state index in [-0.39, 0.29) is 0 Å². The lowest BCUT2D eigenvalue weighted by Gasteiger charge is -2.39. The number of pyridine rings is 1. The number of rotatable bonds is 3. The lowest BCUT2D eigenvalue weighted by atomic mass is 9.83. The van der Waals surface area contributed by atoms with Gasteiger partial charge in [-0.05, 0) is 78.1 Å². The van der Waals surface area contributed by atoms with Crippen LogP contribution in [-0.2, 0) is 13.0 Å². The summed E-state index contributed by atoms with van der Waals surface area (Å²) in [6, 6.07) is 22.7. The van der Waals surface area contributed by atoms with Gasteiger partial charge in [0, 0.05) is 25.5 Å². The molecule has 2 heteroatoms. The summed E-state index contributed by atoms with van der Waals surface area (Å²) in [5.41, 5.74) is 10.4. The fourth-order valence-electron chi connectivity index (χ4n) is 5.13. The normalized spacial score (nSPS) is 19.4. The molecule has 1 atom stereocenters. The Kier molecular flexibility index (Phi) is 5.03. The van der Waals surface area contributed by atoms with E-state index in [1.54, 1.807) is 11.1 Å². The van der Waals surface area contributed by atoms with Gasteiger partial charge in [0.1, 0.15) is 0 Å². The van der Waals surface area contributed by atoms with Gasteiger partial charge in [0.25, 0.3) is 0 Å². The molecule has 29 heavy (non-hydrogen) atoms. The van der Waals surface area contributed by atoms with E-state index in [1.165, 1.54) is 47.1 Å². The molecular weight excluding hydrogens is 352 g/mol. The first kappa shape index (κ1) is 18.3. The van der Waals surface area contributed by atoms with E-state index in [0.29, 0.717) is 6.04 Å². The van der Waals surface area contributed by atoms with E-state index in [0.717, 1.165) is 19.5 Å². The molecule has 1 aromatic heterocycles. The summed E-state index contributed by atoms with van der Waals surface area (Å²) in [6.45, 7) is 4.30. The van der Waals surface area contributed by atoms with Crippen molar-refractivity contribution in [1.29, 1.82) is 0 Å². The maximum atomic E-state index is 4.28. The monoisotopic (exact) mass is 380 g/mol. The van der Waals surface area contributed by atoms with Gasteiger partial charge in [-0.15, -0.1) is 0 Å². The molecule has 0 saturated heterocycles. The SMILES string of the molecule is Cc1ccc2c(c1)C1=C(CCC2)C(c2ccncc2)N(Cc2ccccc2)CC1. The zero-order valence-electron chi connectivity index (χ0n) is 17.1. The lowest BCUT2D eigenvalue weighted by molar-refractivity contribution is 0.205. The highest BCUT2D eigenvalue weighted by molar-refractivity contribution is 5.74. The van der Waals surface area contributed by atoms with Crippen LogP contribution in [0, 0.1) is 6.92 Å². The van der Waals surface area contributed by atoms with Crippen molar-refractivity contribution < 1.29 is 0 Å². The van der Waals surface area contributed by atoms with Crippen LogP contribution in [0.4, 0.5) is 0 Å². The van der Waals surface area contributed by atoms with E-state index in [9.17, 15) is 0 Å². The summed E-state index contributed by atoms with van der Waals surface area (Å²) in [5.74, 6) is 0. The second kappa shape index (κ2) is 7.96. The van der Waals surface area contributed by atoms with E-state index in [2.05, 4.69) is 77.5 Å². The van der Waals surface area contributed by atoms with Crippen LogP contribution >= 0.6 is 0 Å². The van der Waals surface area contributed by atoms with Crippen molar-refractivity contribution in [3.05, 3.63) is 106 Å². The maximum absolute atomic E-state index is 4.28. The van der Waals surface area contributed by atoms with E-state index < -0.39 is 0 Å². The van der Waals surface area contributed by atoms with Crippen LogP contribution in [0.5, 0.6) is 0 Å². The number of fused-ring (bicyclic) bond motifs is 2. The summed E-state index contributed by atoms with van der Waals surface area (Å²) < 4.78 is 0. The van der Waals surface area contributed by atoms with Crippen LogP contribution < -0.4 is 0 Å². The van der Waals surface area contributed by atoms with Crippen LogP contribution in [-0.4, -0.2) is 16.4 Å². The molecule has 0 N–H and O–H groups in total. The summed E-state index contributed by atoms with van der Waals surface area (Å²) in [5, 5.41) is 0. The predicted octanol–water partition coefficient (Wildman–Crippen LogP) is 6.13. The Morgan fingerprint density at radius 1 is 0.931 bits per heavy atom. The highest BCUT2D eigenvalue weighted by Gasteiger charge is 2.32. The van der Waals surface area contributed by atoms with Gasteiger partial charge in [0.05, 0.1) is 6.04 Å². The Balaban J connectivity index is 1.61. The minimum Gasteiger partial charge on any atom is -0.288 e. The number of aromatic nitrogens is 1. The van der Waals surface area contributed by atoms with Crippen LogP contribution in [0.2, 0.25) is 0 Å². The topological polar surface area (TPSA) is 16.1 Å². The molecule has 0 fully saturated rings. The van der Waals surface area contributed by atoms with Crippen LogP contribution in [0.15, 0.2) is 78.6 Å². The standard InChI is InChI=1S/C27H28N2/c1-20-10-11-22-8-5-9-25-24(26(22)18-20)14-17-29(19-21-6-3-2-4-7-21)27(25)23-12-15-28-16-13-23/h2-4,6-7,10-13,15-16,18,27H,5,8-9,14,17,19H2,1H3. The summed E-state index contributed by atoms with van der Waals surface area (Å²) in [4.78, 5) is 6.96. The van der Waals surface area contributed by atoms with Crippen molar-refractivity contribution in [1.82, 2.24) is 9.88 Å². The molecule has 1 aliphatic carbocycles.